The fourth-order valence-electron chi connectivity index (χ4n) is 3.91. The highest BCUT2D eigenvalue weighted by Gasteiger charge is 2.29. The lowest BCUT2D eigenvalue weighted by Gasteiger charge is -2.18. The van der Waals surface area contributed by atoms with E-state index in [1.165, 1.54) is 6.20 Å². The van der Waals surface area contributed by atoms with Crippen LogP contribution >= 0.6 is 11.3 Å². The maximum Gasteiger partial charge on any atom is 0.407 e. The first-order chi connectivity index (χ1) is 16.0. The van der Waals surface area contributed by atoms with E-state index >= 15 is 0 Å². The topological polar surface area (TPSA) is 118 Å². The van der Waals surface area contributed by atoms with Crippen LogP contribution < -0.4 is 10.6 Å². The van der Waals surface area contributed by atoms with Gasteiger partial charge in [-0.1, -0.05) is 55.5 Å². The second-order valence-corrected chi connectivity index (χ2v) is 8.69. The van der Waals surface area contributed by atoms with Crippen LogP contribution in [0.25, 0.3) is 11.1 Å². The van der Waals surface area contributed by atoms with Gasteiger partial charge < -0.3 is 20.5 Å². The number of aromatic nitrogens is 1. The third-order valence-corrected chi connectivity index (χ3v) is 6.52. The number of carboxylic acids is 1. The number of amides is 2. The van der Waals surface area contributed by atoms with Crippen molar-refractivity contribution in [3.63, 3.8) is 0 Å². The first-order valence-electron chi connectivity index (χ1n) is 10.5. The Balaban J connectivity index is 1.33. The van der Waals surface area contributed by atoms with Crippen molar-refractivity contribution in [3.05, 3.63) is 75.7 Å². The number of nitrogens with one attached hydrogen (secondary N) is 2. The molecule has 170 valence electrons. The van der Waals surface area contributed by atoms with Gasteiger partial charge in [0.2, 0.25) is 5.91 Å². The number of nitrogens with zero attached hydrogens (tertiary/aromatic N) is 1. The van der Waals surface area contributed by atoms with Gasteiger partial charge in [-0.15, -0.1) is 11.3 Å². The molecule has 0 saturated carbocycles. The summed E-state index contributed by atoms with van der Waals surface area (Å²) in [5.74, 6) is -1.52. The Kier molecular flexibility index (Phi) is 6.69. The minimum absolute atomic E-state index is 0.0645. The summed E-state index contributed by atoms with van der Waals surface area (Å²) in [6.07, 6.45) is 0.955. The molecule has 0 aliphatic heterocycles. The van der Waals surface area contributed by atoms with E-state index in [-0.39, 0.29) is 23.9 Å². The first-order valence-corrected chi connectivity index (χ1v) is 11.4. The molecule has 0 bridgehead atoms. The second-order valence-electron chi connectivity index (χ2n) is 7.57. The van der Waals surface area contributed by atoms with Gasteiger partial charge in [0, 0.05) is 5.92 Å². The number of carbonyl (C=O) groups is 3. The van der Waals surface area contributed by atoms with Gasteiger partial charge in [0.25, 0.3) is 0 Å². The maximum atomic E-state index is 12.5. The molecule has 1 unspecified atom stereocenters. The molecule has 1 aromatic heterocycles. The van der Waals surface area contributed by atoms with Crippen LogP contribution in [0.1, 0.15) is 45.1 Å². The van der Waals surface area contributed by atoms with Gasteiger partial charge in [0.05, 0.1) is 12.7 Å². The van der Waals surface area contributed by atoms with Crippen LogP contribution in [-0.2, 0) is 16.1 Å². The third kappa shape index (κ3) is 4.88. The number of thiazole rings is 1. The van der Waals surface area contributed by atoms with Gasteiger partial charge in [0.15, 0.2) is 0 Å². The Labute approximate surface area is 194 Å². The van der Waals surface area contributed by atoms with E-state index in [2.05, 4.69) is 27.8 Å². The highest BCUT2D eigenvalue weighted by Crippen LogP contribution is 2.44. The van der Waals surface area contributed by atoms with Crippen LogP contribution in [0.4, 0.5) is 4.79 Å². The molecule has 3 aromatic rings. The zero-order valence-corrected chi connectivity index (χ0v) is 18.7. The van der Waals surface area contributed by atoms with Crippen LogP contribution in [0.2, 0.25) is 0 Å². The minimum atomic E-state index is -1.06. The number of alkyl carbamates (subject to hydrolysis) is 1. The molecule has 1 atom stereocenters. The monoisotopic (exact) mass is 465 g/mol. The molecule has 8 nitrogen and oxygen atoms in total. The number of hydrogen-bond donors (Lipinski definition) is 3. The number of ether oxygens (including phenoxy) is 1. The van der Waals surface area contributed by atoms with Crippen molar-refractivity contribution < 1.29 is 24.2 Å². The highest BCUT2D eigenvalue weighted by atomic mass is 32.1. The molecule has 2 aromatic carbocycles. The molecule has 0 fully saturated rings. The van der Waals surface area contributed by atoms with Gasteiger partial charge in [-0.2, -0.15) is 0 Å². The summed E-state index contributed by atoms with van der Waals surface area (Å²) in [5.41, 5.74) is 4.50. The zero-order valence-electron chi connectivity index (χ0n) is 17.9. The largest absolute Gasteiger partial charge is 0.477 e. The molecule has 1 heterocycles. The number of benzene rings is 2. The average molecular weight is 466 g/mol. The van der Waals surface area contributed by atoms with E-state index in [1.54, 1.807) is 6.92 Å². The molecular formula is C24H23N3O5S. The second kappa shape index (κ2) is 9.83. The van der Waals surface area contributed by atoms with E-state index in [4.69, 9.17) is 9.84 Å². The van der Waals surface area contributed by atoms with E-state index in [9.17, 15) is 14.4 Å². The quantitative estimate of drug-likeness (QED) is 0.466. The van der Waals surface area contributed by atoms with Crippen LogP contribution in [0.15, 0.2) is 54.7 Å². The fourth-order valence-corrected chi connectivity index (χ4v) is 4.61. The first kappa shape index (κ1) is 22.5. The van der Waals surface area contributed by atoms with Gasteiger partial charge in [-0.05, 0) is 28.7 Å². The predicted molar refractivity (Wildman–Crippen MR) is 123 cm³/mol. The maximum absolute atomic E-state index is 12.5. The summed E-state index contributed by atoms with van der Waals surface area (Å²) in [7, 11) is 0. The Bertz CT molecular complexity index is 1150. The molecule has 0 spiro atoms. The number of rotatable bonds is 8. The number of fused-ring (bicyclic) bond motifs is 3. The van der Waals surface area contributed by atoms with Crippen molar-refractivity contribution in [1.82, 2.24) is 15.6 Å². The summed E-state index contributed by atoms with van der Waals surface area (Å²) in [5, 5.41) is 14.7. The zero-order chi connectivity index (χ0) is 23.4. The molecule has 3 N–H and O–H groups in total. The Morgan fingerprint density at radius 1 is 1.09 bits per heavy atom. The molecule has 0 saturated heterocycles. The van der Waals surface area contributed by atoms with Crippen LogP contribution in [0.5, 0.6) is 0 Å². The van der Waals surface area contributed by atoms with Crippen molar-refractivity contribution in [2.24, 2.45) is 0 Å². The van der Waals surface area contributed by atoms with Crippen LogP contribution in [0.3, 0.4) is 0 Å². The van der Waals surface area contributed by atoms with Crippen molar-refractivity contribution in [2.45, 2.75) is 31.8 Å². The summed E-state index contributed by atoms with van der Waals surface area (Å²) in [6.45, 7) is 2.02. The minimum Gasteiger partial charge on any atom is -0.477 e. The standard InChI is InChI=1S/C24H23N3O5S/c1-2-19(22(28)26-12-21-25-11-20(33-21)23(29)30)27-24(31)32-13-18-16-9-5-3-7-14(16)15-8-4-6-10-17(15)18/h3-11,18-19H,2,12-13H2,1H3,(H,26,28)(H,27,31)(H,29,30). The molecule has 1 aliphatic carbocycles. The number of carbonyl (C=O) groups excluding carboxylic acids is 2. The van der Waals surface area contributed by atoms with Gasteiger partial charge in [0.1, 0.15) is 22.5 Å². The number of aromatic carboxylic acids is 1. The predicted octanol–water partition coefficient (Wildman–Crippen LogP) is 3.77. The molecule has 0 radical (unpaired) electrons. The molecule has 33 heavy (non-hydrogen) atoms. The van der Waals surface area contributed by atoms with Gasteiger partial charge in [-0.25, -0.2) is 14.6 Å². The smallest absolute Gasteiger partial charge is 0.407 e. The van der Waals surface area contributed by atoms with E-state index < -0.39 is 24.0 Å². The summed E-state index contributed by atoms with van der Waals surface area (Å²) < 4.78 is 5.51. The molecule has 4 rings (SSSR count). The van der Waals surface area contributed by atoms with E-state index in [1.807, 2.05) is 36.4 Å². The normalized spacial score (nSPS) is 13.0. The van der Waals surface area contributed by atoms with E-state index in [0.29, 0.717) is 11.4 Å². The van der Waals surface area contributed by atoms with Crippen LogP contribution in [-0.4, -0.2) is 40.7 Å². The third-order valence-electron chi connectivity index (χ3n) is 5.54. The van der Waals surface area contributed by atoms with Crippen molar-refractivity contribution in [1.29, 1.82) is 0 Å². The molecular weight excluding hydrogens is 442 g/mol. The molecule has 9 heteroatoms. The van der Waals surface area contributed by atoms with Crippen molar-refractivity contribution in [2.75, 3.05) is 6.61 Å². The summed E-state index contributed by atoms with van der Waals surface area (Å²) in [4.78, 5) is 40.0. The highest BCUT2D eigenvalue weighted by molar-refractivity contribution is 7.13. The summed E-state index contributed by atoms with van der Waals surface area (Å²) >= 11 is 0.990. The van der Waals surface area contributed by atoms with Gasteiger partial charge >= 0.3 is 12.1 Å². The Hall–Kier alpha value is -3.72. The van der Waals surface area contributed by atoms with E-state index in [0.717, 1.165) is 33.6 Å². The molecule has 2 amide bonds. The molecule has 1 aliphatic rings. The lowest BCUT2D eigenvalue weighted by molar-refractivity contribution is -0.123. The van der Waals surface area contributed by atoms with Gasteiger partial charge in [-0.3, -0.25) is 4.79 Å². The Morgan fingerprint density at radius 3 is 2.30 bits per heavy atom. The van der Waals surface area contributed by atoms with Crippen molar-refractivity contribution >= 4 is 29.3 Å². The lowest BCUT2D eigenvalue weighted by Crippen LogP contribution is -2.46. The lowest BCUT2D eigenvalue weighted by atomic mass is 9.98. The SMILES string of the molecule is CCC(NC(=O)OCC1c2ccccc2-c2ccccc21)C(=O)NCc1ncc(C(=O)O)s1. The van der Waals surface area contributed by atoms with Crippen LogP contribution in [0, 0.1) is 0 Å². The average Bonchev–Trinajstić information content (AvgIpc) is 3.43. The fraction of sp³-hybridized carbons (Fsp3) is 0.250. The van der Waals surface area contributed by atoms with Crippen molar-refractivity contribution in [3.8, 4) is 11.1 Å². The number of hydrogen-bond acceptors (Lipinski definition) is 6. The Morgan fingerprint density at radius 2 is 1.73 bits per heavy atom. The number of carboxylic acid groups (broad SMARTS) is 1. The summed E-state index contributed by atoms with van der Waals surface area (Å²) in [6, 6.07) is 15.3.